The van der Waals surface area contributed by atoms with Crippen molar-refractivity contribution in [3.05, 3.63) is 34.1 Å². The minimum atomic E-state index is -0.901. The van der Waals surface area contributed by atoms with Crippen LogP contribution in [-0.4, -0.2) is 24.9 Å². The zero-order valence-corrected chi connectivity index (χ0v) is 18.1. The fourth-order valence-electron chi connectivity index (χ4n) is 3.49. The summed E-state index contributed by atoms with van der Waals surface area (Å²) >= 11 is 6.00. The van der Waals surface area contributed by atoms with E-state index in [1.165, 1.54) is 38.8 Å². The van der Waals surface area contributed by atoms with Gasteiger partial charge in [0.05, 0.1) is 0 Å². The number of amides is 4. The number of nitrogens with one attached hydrogen (secondary N) is 2. The van der Waals surface area contributed by atoms with Gasteiger partial charge < -0.3 is 11.1 Å². The highest BCUT2D eigenvalue weighted by molar-refractivity contribution is 6.31. The third kappa shape index (κ3) is 8.40. The highest BCUT2D eigenvalue weighted by Crippen LogP contribution is 2.31. The molecule has 1 aliphatic carbocycles. The van der Waals surface area contributed by atoms with Crippen LogP contribution in [-0.2, 0) is 16.0 Å². The van der Waals surface area contributed by atoms with Crippen LogP contribution >= 0.6 is 11.6 Å². The van der Waals surface area contributed by atoms with Crippen LogP contribution < -0.4 is 16.4 Å². The average molecular weight is 428 g/mol. The molecule has 29 heavy (non-hydrogen) atoms. The molecular weight excluding hydrogens is 397 g/mol. The van der Waals surface area contributed by atoms with E-state index in [2.05, 4.69) is 5.32 Å². The number of carbonyl (C=O) groups excluding carboxylic acids is 3. The Morgan fingerprint density at radius 2 is 1.90 bits per heavy atom. The quantitative estimate of drug-likeness (QED) is 0.642. The van der Waals surface area contributed by atoms with Crippen LogP contribution in [0.5, 0.6) is 0 Å². The molecule has 4 N–H and O–H groups in total. The van der Waals surface area contributed by atoms with Gasteiger partial charge in [0.1, 0.15) is 5.82 Å². The monoisotopic (exact) mass is 427 g/mol. The molecule has 1 aromatic rings. The topological polar surface area (TPSA) is 101 Å². The van der Waals surface area contributed by atoms with Gasteiger partial charge in [-0.15, -0.1) is 0 Å². The number of benzene rings is 1. The third-order valence-corrected chi connectivity index (χ3v) is 5.66. The molecule has 1 saturated carbocycles. The number of imide groups is 1. The van der Waals surface area contributed by atoms with Gasteiger partial charge in [0.25, 0.3) is 0 Å². The maximum absolute atomic E-state index is 13.6. The molecule has 162 valence electrons. The Hall–Kier alpha value is -2.15. The van der Waals surface area contributed by atoms with E-state index in [-0.39, 0.29) is 18.1 Å². The molecule has 2 rings (SSSR count). The van der Waals surface area contributed by atoms with E-state index in [0.717, 1.165) is 17.5 Å². The van der Waals surface area contributed by atoms with Gasteiger partial charge >= 0.3 is 6.03 Å². The average Bonchev–Trinajstić information content (AvgIpc) is 3.19. The molecule has 4 amide bonds. The van der Waals surface area contributed by atoms with Crippen molar-refractivity contribution >= 4 is 29.4 Å². The van der Waals surface area contributed by atoms with E-state index < -0.39 is 17.9 Å². The van der Waals surface area contributed by atoms with Crippen molar-refractivity contribution < 1.29 is 18.8 Å². The summed E-state index contributed by atoms with van der Waals surface area (Å²) in [4.78, 5) is 32.5. The summed E-state index contributed by atoms with van der Waals surface area (Å²) in [5.41, 5.74) is 6.50. The van der Waals surface area contributed by atoms with Gasteiger partial charge in [0.15, 0.2) is 0 Å². The summed E-state index contributed by atoms with van der Waals surface area (Å²) < 4.78 is 13.6. The summed E-state index contributed by atoms with van der Waals surface area (Å²) in [6.45, 7) is 3.70. The lowest BCUT2D eigenvalue weighted by Gasteiger charge is -2.13. The van der Waals surface area contributed by atoms with Gasteiger partial charge in [-0.05, 0) is 48.9 Å². The molecule has 1 fully saturated rings. The Labute approximate surface area is 176 Å². The minimum absolute atomic E-state index is 0.0287. The molecule has 0 aromatic heterocycles. The Morgan fingerprint density at radius 3 is 2.41 bits per heavy atom. The van der Waals surface area contributed by atoms with Crippen LogP contribution in [0.3, 0.4) is 0 Å². The Morgan fingerprint density at radius 1 is 1.28 bits per heavy atom. The van der Waals surface area contributed by atoms with Crippen molar-refractivity contribution in [1.82, 2.24) is 10.6 Å². The lowest BCUT2D eigenvalue weighted by Crippen LogP contribution is -2.38. The van der Waals surface area contributed by atoms with E-state index in [1.807, 2.05) is 12.2 Å². The largest absolute Gasteiger partial charge is 0.359 e. The molecule has 0 spiro atoms. The lowest BCUT2D eigenvalue weighted by atomic mass is 9.94. The van der Waals surface area contributed by atoms with Gasteiger partial charge in [0.2, 0.25) is 11.8 Å². The highest BCUT2D eigenvalue weighted by Gasteiger charge is 2.20. The maximum Gasteiger partial charge on any atom is 0.318 e. The smallest absolute Gasteiger partial charge is 0.318 e. The first-order valence-electron chi connectivity index (χ1n) is 9.93. The molecule has 0 unspecified atom stereocenters. The van der Waals surface area contributed by atoms with Crippen LogP contribution in [0.15, 0.2) is 12.1 Å². The number of primary amides is 1. The van der Waals surface area contributed by atoms with Crippen LogP contribution in [0, 0.1) is 24.6 Å². The first kappa shape index (κ1) is 24.9. The second-order valence-corrected chi connectivity index (χ2v) is 7.73. The van der Waals surface area contributed by atoms with Crippen molar-refractivity contribution in [2.75, 3.05) is 7.05 Å². The first-order chi connectivity index (χ1) is 13.7. The van der Waals surface area contributed by atoms with Crippen LogP contribution in [0.4, 0.5) is 9.18 Å². The summed E-state index contributed by atoms with van der Waals surface area (Å²) in [5, 5.41) is 5.03. The molecular formula is C21H31ClFN3O3. The summed E-state index contributed by atoms with van der Waals surface area (Å²) in [6.07, 6.45) is 6.44. The number of nitrogens with two attached hydrogens (primary N) is 1. The molecule has 0 radical (unpaired) electrons. The normalized spacial score (nSPS) is 14.5. The Balaban J connectivity index is 0.000000291. The van der Waals surface area contributed by atoms with Gasteiger partial charge in [-0.1, -0.05) is 44.2 Å². The highest BCUT2D eigenvalue weighted by atomic mass is 35.5. The molecule has 8 heteroatoms. The molecule has 1 atom stereocenters. The van der Waals surface area contributed by atoms with Crippen LogP contribution in [0.1, 0.15) is 56.6 Å². The van der Waals surface area contributed by atoms with Gasteiger partial charge in [0, 0.05) is 24.4 Å². The van der Waals surface area contributed by atoms with E-state index in [9.17, 15) is 18.8 Å². The molecule has 0 heterocycles. The van der Waals surface area contributed by atoms with Crippen LogP contribution in [0.25, 0.3) is 0 Å². The van der Waals surface area contributed by atoms with E-state index in [0.29, 0.717) is 17.4 Å². The van der Waals surface area contributed by atoms with E-state index in [4.69, 9.17) is 17.3 Å². The van der Waals surface area contributed by atoms with E-state index >= 15 is 0 Å². The zero-order chi connectivity index (χ0) is 22.0. The molecule has 1 aromatic carbocycles. The first-order valence-corrected chi connectivity index (χ1v) is 10.3. The number of rotatable bonds is 6. The summed E-state index contributed by atoms with van der Waals surface area (Å²) in [7, 11) is 1.50. The maximum atomic E-state index is 13.6. The summed E-state index contributed by atoms with van der Waals surface area (Å²) in [6, 6.07) is 2.23. The lowest BCUT2D eigenvalue weighted by molar-refractivity contribution is -0.129. The standard InChI is InChI=1S/C13H16ClF.C8H15N3O3/c1-9-11(8-10-4-2-3-5-10)13(15)7-6-12(9)14;1-3-5(7(13)10-2)4-6(12)11-8(9)14/h6-7,10H,2-5,8H2,1H3;5H,3-4H2,1-2H3,(H,10,13)(H3,9,11,12,14)/t;5-/m.1/s1. The predicted octanol–water partition coefficient (Wildman–Crippen LogP) is 3.86. The second-order valence-electron chi connectivity index (χ2n) is 7.32. The van der Waals surface area contributed by atoms with Crippen molar-refractivity contribution in [3.8, 4) is 0 Å². The van der Waals surface area contributed by atoms with E-state index in [1.54, 1.807) is 13.0 Å². The summed E-state index contributed by atoms with van der Waals surface area (Å²) in [5.74, 6) is -0.597. The van der Waals surface area contributed by atoms with Gasteiger partial charge in [-0.3, -0.25) is 14.9 Å². The number of hydrogen-bond acceptors (Lipinski definition) is 3. The van der Waals surface area contributed by atoms with Gasteiger partial charge in [-0.25, -0.2) is 9.18 Å². The predicted molar refractivity (Wildman–Crippen MR) is 112 cm³/mol. The molecule has 6 nitrogen and oxygen atoms in total. The zero-order valence-electron chi connectivity index (χ0n) is 17.3. The van der Waals surface area contributed by atoms with Crippen molar-refractivity contribution in [2.24, 2.45) is 17.6 Å². The number of hydrogen-bond donors (Lipinski definition) is 3. The molecule has 1 aliphatic rings. The number of halogens is 2. The SMILES string of the molecule is CC[C@H](CC(=O)NC(N)=O)C(=O)NC.Cc1c(Cl)ccc(F)c1CC1CCCC1. The van der Waals surface area contributed by atoms with Crippen LogP contribution in [0.2, 0.25) is 5.02 Å². The molecule has 0 saturated heterocycles. The fourth-order valence-corrected chi connectivity index (χ4v) is 3.66. The fraction of sp³-hybridized carbons (Fsp3) is 0.571. The Bertz CT molecular complexity index is 721. The Kier molecular flexibility index (Phi) is 10.7. The minimum Gasteiger partial charge on any atom is -0.359 e. The van der Waals surface area contributed by atoms with Crippen molar-refractivity contribution in [2.45, 2.75) is 58.8 Å². The van der Waals surface area contributed by atoms with Crippen molar-refractivity contribution in [3.63, 3.8) is 0 Å². The van der Waals surface area contributed by atoms with Gasteiger partial charge in [-0.2, -0.15) is 0 Å². The number of urea groups is 1. The molecule has 0 aliphatic heterocycles. The molecule has 0 bridgehead atoms. The van der Waals surface area contributed by atoms with Crippen molar-refractivity contribution in [1.29, 1.82) is 0 Å². The number of carbonyl (C=O) groups is 3. The third-order valence-electron chi connectivity index (χ3n) is 5.25. The second kappa shape index (κ2) is 12.4.